The molecule has 0 spiro atoms. The molecule has 7 heteroatoms. The smallest absolute Gasteiger partial charge is 0.224 e. The Morgan fingerprint density at radius 3 is 2.95 bits per heavy atom. The Labute approximate surface area is 110 Å². The Bertz CT molecular complexity index is 519. The van der Waals surface area contributed by atoms with Gasteiger partial charge in [-0.2, -0.15) is 15.2 Å². The van der Waals surface area contributed by atoms with Gasteiger partial charge in [-0.3, -0.25) is 0 Å². The van der Waals surface area contributed by atoms with E-state index in [4.69, 9.17) is 0 Å². The van der Waals surface area contributed by atoms with Crippen LogP contribution in [-0.2, 0) is 6.54 Å². The summed E-state index contributed by atoms with van der Waals surface area (Å²) in [7, 11) is 0. The second-order valence-corrected chi connectivity index (χ2v) is 3.89. The number of halogens is 1. The number of hydrogen-bond donors (Lipinski definition) is 2. The number of hydrogen-bond acceptors (Lipinski definition) is 6. The van der Waals surface area contributed by atoms with Crippen LogP contribution in [0.5, 0.6) is 0 Å². The van der Waals surface area contributed by atoms with Gasteiger partial charge in [0.25, 0.3) is 0 Å². The number of rotatable bonds is 6. The van der Waals surface area contributed by atoms with Gasteiger partial charge in [0.15, 0.2) is 11.6 Å². The van der Waals surface area contributed by atoms with Gasteiger partial charge in [0.05, 0.1) is 18.4 Å². The molecular weight excluding hydrogens is 247 g/mol. The lowest BCUT2D eigenvalue weighted by molar-refractivity contribution is 0.616. The number of anilines is 2. The van der Waals surface area contributed by atoms with Gasteiger partial charge in [0, 0.05) is 12.7 Å². The maximum Gasteiger partial charge on any atom is 0.224 e. The van der Waals surface area contributed by atoms with E-state index in [0.29, 0.717) is 18.2 Å². The molecule has 2 N–H and O–H groups in total. The van der Waals surface area contributed by atoms with Crippen molar-refractivity contribution in [3.05, 3.63) is 36.0 Å². The number of nitrogens with zero attached hydrogens (tertiary/aromatic N) is 4. The summed E-state index contributed by atoms with van der Waals surface area (Å²) < 4.78 is 13.5. The number of aromatic nitrogens is 4. The molecule has 0 bridgehead atoms. The molecule has 100 valence electrons. The highest BCUT2D eigenvalue weighted by Gasteiger charge is 2.06. The Kier molecular flexibility index (Phi) is 4.54. The molecule has 19 heavy (non-hydrogen) atoms. The third-order valence-corrected chi connectivity index (χ3v) is 2.34. The van der Waals surface area contributed by atoms with Gasteiger partial charge in [-0.15, -0.1) is 0 Å². The molecule has 6 nitrogen and oxygen atoms in total. The Morgan fingerprint density at radius 1 is 1.32 bits per heavy atom. The monoisotopic (exact) mass is 262 g/mol. The topological polar surface area (TPSA) is 75.6 Å². The van der Waals surface area contributed by atoms with Gasteiger partial charge in [-0.05, 0) is 18.6 Å². The van der Waals surface area contributed by atoms with Crippen LogP contribution in [0.15, 0.2) is 24.5 Å². The maximum atomic E-state index is 13.5. The third kappa shape index (κ3) is 3.84. The van der Waals surface area contributed by atoms with E-state index in [1.165, 1.54) is 0 Å². The first kappa shape index (κ1) is 13.1. The van der Waals surface area contributed by atoms with Crippen molar-refractivity contribution in [1.82, 2.24) is 20.2 Å². The fourth-order valence-corrected chi connectivity index (χ4v) is 1.42. The van der Waals surface area contributed by atoms with E-state index in [1.54, 1.807) is 18.3 Å². The summed E-state index contributed by atoms with van der Waals surface area (Å²) in [5.41, 5.74) is 0.712. The molecule has 0 saturated heterocycles. The van der Waals surface area contributed by atoms with E-state index < -0.39 is 5.82 Å². The van der Waals surface area contributed by atoms with Crippen molar-refractivity contribution >= 4 is 11.8 Å². The van der Waals surface area contributed by atoms with Crippen LogP contribution in [0, 0.1) is 5.82 Å². The SMILES string of the molecule is CCCNc1ncc(F)c(NCc2cccnn2)n1. The van der Waals surface area contributed by atoms with Crippen molar-refractivity contribution in [2.24, 2.45) is 0 Å². The minimum absolute atomic E-state index is 0.152. The van der Waals surface area contributed by atoms with Gasteiger partial charge < -0.3 is 10.6 Å². The molecule has 2 heterocycles. The highest BCUT2D eigenvalue weighted by molar-refractivity contribution is 5.41. The molecule has 0 amide bonds. The standard InChI is InChI=1S/C12H15FN6/c1-2-5-14-12-16-8-10(13)11(18-12)15-7-9-4-3-6-17-19-9/h3-4,6,8H,2,5,7H2,1H3,(H2,14,15,16,18). The molecular formula is C12H15FN6. The van der Waals surface area contributed by atoms with Gasteiger partial charge >= 0.3 is 0 Å². The molecule has 0 saturated carbocycles. The van der Waals surface area contributed by atoms with E-state index in [1.807, 2.05) is 6.92 Å². The molecule has 0 aliphatic heterocycles. The van der Waals surface area contributed by atoms with E-state index in [9.17, 15) is 4.39 Å². The van der Waals surface area contributed by atoms with Crippen LogP contribution in [0.25, 0.3) is 0 Å². The van der Waals surface area contributed by atoms with Crippen molar-refractivity contribution in [1.29, 1.82) is 0 Å². The highest BCUT2D eigenvalue weighted by atomic mass is 19.1. The lowest BCUT2D eigenvalue weighted by Crippen LogP contribution is -2.10. The molecule has 0 unspecified atom stereocenters. The van der Waals surface area contributed by atoms with Crippen molar-refractivity contribution in [3.8, 4) is 0 Å². The first-order valence-electron chi connectivity index (χ1n) is 6.06. The van der Waals surface area contributed by atoms with Gasteiger partial charge in [0.2, 0.25) is 5.95 Å². The van der Waals surface area contributed by atoms with Gasteiger partial charge in [-0.25, -0.2) is 9.37 Å². The van der Waals surface area contributed by atoms with Crippen molar-refractivity contribution < 1.29 is 4.39 Å². The van der Waals surface area contributed by atoms with E-state index >= 15 is 0 Å². The quantitative estimate of drug-likeness (QED) is 0.827. The Morgan fingerprint density at radius 2 is 2.21 bits per heavy atom. The van der Waals surface area contributed by atoms with E-state index in [0.717, 1.165) is 19.2 Å². The Balaban J connectivity index is 2.02. The van der Waals surface area contributed by atoms with Crippen LogP contribution in [0.2, 0.25) is 0 Å². The minimum atomic E-state index is -0.495. The average Bonchev–Trinajstić information content (AvgIpc) is 2.46. The highest BCUT2D eigenvalue weighted by Crippen LogP contribution is 2.12. The summed E-state index contributed by atoms with van der Waals surface area (Å²) in [5, 5.41) is 13.5. The molecule has 2 aromatic heterocycles. The summed E-state index contributed by atoms with van der Waals surface area (Å²) in [6.45, 7) is 3.13. The van der Waals surface area contributed by atoms with Crippen molar-refractivity contribution in [3.63, 3.8) is 0 Å². The summed E-state index contributed by atoms with van der Waals surface area (Å²) >= 11 is 0. The number of nitrogens with one attached hydrogen (secondary N) is 2. The van der Waals surface area contributed by atoms with Gasteiger partial charge in [0.1, 0.15) is 0 Å². The molecule has 2 rings (SSSR count). The van der Waals surface area contributed by atoms with Gasteiger partial charge in [-0.1, -0.05) is 6.92 Å². The van der Waals surface area contributed by atoms with Crippen LogP contribution in [0.4, 0.5) is 16.2 Å². The zero-order chi connectivity index (χ0) is 13.5. The average molecular weight is 262 g/mol. The fraction of sp³-hybridized carbons (Fsp3) is 0.333. The summed E-state index contributed by atoms with van der Waals surface area (Å²) in [6.07, 6.45) is 3.68. The zero-order valence-electron chi connectivity index (χ0n) is 10.6. The molecule has 0 aromatic carbocycles. The largest absolute Gasteiger partial charge is 0.362 e. The minimum Gasteiger partial charge on any atom is -0.362 e. The van der Waals surface area contributed by atoms with Crippen LogP contribution < -0.4 is 10.6 Å². The van der Waals surface area contributed by atoms with Crippen LogP contribution in [-0.4, -0.2) is 26.7 Å². The summed E-state index contributed by atoms with van der Waals surface area (Å²) in [4.78, 5) is 7.93. The van der Waals surface area contributed by atoms with Crippen molar-refractivity contribution in [2.45, 2.75) is 19.9 Å². The molecule has 0 radical (unpaired) electrons. The lowest BCUT2D eigenvalue weighted by atomic mass is 10.4. The van der Waals surface area contributed by atoms with Crippen molar-refractivity contribution in [2.75, 3.05) is 17.2 Å². The first-order valence-corrected chi connectivity index (χ1v) is 6.06. The van der Waals surface area contributed by atoms with E-state index in [-0.39, 0.29) is 5.82 Å². The summed E-state index contributed by atoms with van der Waals surface area (Å²) in [5.74, 6) is 0.0649. The molecule has 0 atom stereocenters. The summed E-state index contributed by atoms with van der Waals surface area (Å²) in [6, 6.07) is 3.57. The first-order chi connectivity index (χ1) is 9.29. The molecule has 0 aliphatic carbocycles. The van der Waals surface area contributed by atoms with Crippen LogP contribution in [0.1, 0.15) is 19.0 Å². The Hall–Kier alpha value is -2.31. The van der Waals surface area contributed by atoms with Crippen LogP contribution >= 0.6 is 0 Å². The second kappa shape index (κ2) is 6.58. The maximum absolute atomic E-state index is 13.5. The second-order valence-electron chi connectivity index (χ2n) is 3.89. The predicted molar refractivity (Wildman–Crippen MR) is 70.1 cm³/mol. The van der Waals surface area contributed by atoms with E-state index in [2.05, 4.69) is 30.8 Å². The van der Waals surface area contributed by atoms with Crippen LogP contribution in [0.3, 0.4) is 0 Å². The molecule has 2 aromatic rings. The third-order valence-electron chi connectivity index (χ3n) is 2.34. The predicted octanol–water partition coefficient (Wildman–Crippen LogP) is 1.84. The lowest BCUT2D eigenvalue weighted by Gasteiger charge is -2.08. The zero-order valence-corrected chi connectivity index (χ0v) is 10.6. The fourth-order valence-electron chi connectivity index (χ4n) is 1.42. The molecule has 0 fully saturated rings. The molecule has 0 aliphatic rings. The normalized spacial score (nSPS) is 10.2.